The summed E-state index contributed by atoms with van der Waals surface area (Å²) in [5, 5.41) is 5.54. The zero-order valence-corrected chi connectivity index (χ0v) is 17.6. The van der Waals surface area contributed by atoms with E-state index in [1.807, 2.05) is 23.1 Å². The van der Waals surface area contributed by atoms with Gasteiger partial charge in [0.05, 0.1) is 6.42 Å². The second-order valence-electron chi connectivity index (χ2n) is 6.23. The molecule has 0 aliphatic carbocycles. The predicted octanol–water partition coefficient (Wildman–Crippen LogP) is 3.09. The highest BCUT2D eigenvalue weighted by Crippen LogP contribution is 2.19. The van der Waals surface area contributed by atoms with E-state index in [9.17, 15) is 18.0 Å². The molecule has 2 N–H and O–H groups in total. The topological polar surface area (TPSA) is 56.7 Å². The van der Waals surface area contributed by atoms with E-state index in [0.717, 1.165) is 13.0 Å². The van der Waals surface area contributed by atoms with Gasteiger partial charge in [0.15, 0.2) is 5.96 Å². The Morgan fingerprint density at radius 1 is 1.19 bits per heavy atom. The predicted molar refractivity (Wildman–Crippen MR) is 110 cm³/mol. The van der Waals surface area contributed by atoms with Gasteiger partial charge >= 0.3 is 6.18 Å². The Balaban J connectivity index is 0.00000364. The highest BCUT2D eigenvalue weighted by atomic mass is 127. The first-order valence-electron chi connectivity index (χ1n) is 8.75. The minimum Gasteiger partial charge on any atom is -0.356 e. The molecule has 0 spiro atoms. The van der Waals surface area contributed by atoms with Crippen LogP contribution >= 0.6 is 24.0 Å². The fourth-order valence-corrected chi connectivity index (χ4v) is 2.86. The van der Waals surface area contributed by atoms with Crippen molar-refractivity contribution in [3.63, 3.8) is 0 Å². The van der Waals surface area contributed by atoms with Crippen LogP contribution in [0.4, 0.5) is 13.2 Å². The first-order valence-corrected chi connectivity index (χ1v) is 8.75. The lowest BCUT2D eigenvalue weighted by atomic mass is 9.99. The molecular formula is C18H26F3IN4O. The van der Waals surface area contributed by atoms with Crippen molar-refractivity contribution in [2.24, 2.45) is 4.99 Å². The Kier molecular flexibility index (Phi) is 9.89. The van der Waals surface area contributed by atoms with Crippen LogP contribution in [0.1, 0.15) is 30.4 Å². The van der Waals surface area contributed by atoms with Crippen LogP contribution in [-0.2, 0) is 17.8 Å². The number of alkyl halides is 3. The normalized spacial score (nSPS) is 14.2. The van der Waals surface area contributed by atoms with Crippen molar-refractivity contribution in [3.05, 3.63) is 35.4 Å². The first kappa shape index (κ1) is 23.5. The van der Waals surface area contributed by atoms with E-state index in [1.54, 1.807) is 0 Å². The van der Waals surface area contributed by atoms with E-state index in [2.05, 4.69) is 21.7 Å². The highest BCUT2D eigenvalue weighted by Gasteiger charge is 2.26. The first-order chi connectivity index (χ1) is 12.4. The molecule has 1 aromatic rings. The van der Waals surface area contributed by atoms with E-state index in [0.29, 0.717) is 31.9 Å². The van der Waals surface area contributed by atoms with Gasteiger partial charge in [-0.05, 0) is 24.0 Å². The molecule has 0 radical (unpaired) electrons. The average Bonchev–Trinajstić information content (AvgIpc) is 2.62. The van der Waals surface area contributed by atoms with Crippen molar-refractivity contribution in [3.8, 4) is 0 Å². The number of aliphatic imine (C=N–C) groups is 1. The van der Waals surface area contributed by atoms with Gasteiger partial charge in [-0.25, -0.2) is 0 Å². The number of nitrogens with zero attached hydrogens (tertiary/aromatic N) is 2. The second kappa shape index (κ2) is 11.4. The van der Waals surface area contributed by atoms with Crippen molar-refractivity contribution in [1.29, 1.82) is 0 Å². The van der Waals surface area contributed by atoms with Gasteiger partial charge in [-0.3, -0.25) is 9.79 Å². The van der Waals surface area contributed by atoms with Crippen LogP contribution in [0.25, 0.3) is 0 Å². The fourth-order valence-electron chi connectivity index (χ4n) is 2.86. The number of hydrogen-bond donors (Lipinski definition) is 2. The molecule has 0 saturated carbocycles. The Bertz CT molecular complexity index is 637. The Labute approximate surface area is 174 Å². The van der Waals surface area contributed by atoms with E-state index in [4.69, 9.17) is 0 Å². The van der Waals surface area contributed by atoms with Crippen molar-refractivity contribution >= 4 is 35.8 Å². The monoisotopic (exact) mass is 498 g/mol. The summed E-state index contributed by atoms with van der Waals surface area (Å²) in [7, 11) is 1.50. The zero-order chi connectivity index (χ0) is 19.0. The number of guanidine groups is 1. The number of amides is 1. The quantitative estimate of drug-likeness (QED) is 0.275. The third-order valence-corrected chi connectivity index (χ3v) is 4.27. The van der Waals surface area contributed by atoms with Crippen LogP contribution < -0.4 is 10.6 Å². The van der Waals surface area contributed by atoms with Crippen LogP contribution in [-0.4, -0.2) is 49.6 Å². The van der Waals surface area contributed by atoms with Gasteiger partial charge in [-0.15, -0.1) is 24.0 Å². The van der Waals surface area contributed by atoms with E-state index < -0.39 is 12.6 Å². The van der Waals surface area contributed by atoms with Gasteiger partial charge in [0.2, 0.25) is 5.91 Å². The SMILES string of the molecule is CN=C(NCCCC(=O)N1CCc2ccccc2C1)NCCC(F)(F)F.I. The van der Waals surface area contributed by atoms with Crippen molar-refractivity contribution in [2.45, 2.75) is 38.4 Å². The molecule has 1 aliphatic rings. The van der Waals surface area contributed by atoms with Crippen LogP contribution in [0.5, 0.6) is 0 Å². The molecule has 2 rings (SSSR count). The van der Waals surface area contributed by atoms with Crippen molar-refractivity contribution < 1.29 is 18.0 Å². The molecule has 152 valence electrons. The standard InChI is InChI=1S/C18H25F3N4O.HI/c1-22-17(24-11-9-18(19,20)21)23-10-4-7-16(26)25-12-8-14-5-2-3-6-15(14)13-25;/h2-3,5-6H,4,7-13H2,1H3,(H2,22,23,24);1H. The summed E-state index contributed by atoms with van der Waals surface area (Å²) < 4.78 is 36.4. The number of halogens is 4. The van der Waals surface area contributed by atoms with E-state index >= 15 is 0 Å². The van der Waals surface area contributed by atoms with E-state index in [-0.39, 0.29) is 36.4 Å². The van der Waals surface area contributed by atoms with Gasteiger partial charge in [-0.1, -0.05) is 24.3 Å². The maximum Gasteiger partial charge on any atom is 0.390 e. The summed E-state index contributed by atoms with van der Waals surface area (Å²) in [6, 6.07) is 8.14. The van der Waals surface area contributed by atoms with Crippen LogP contribution in [0, 0.1) is 0 Å². The summed E-state index contributed by atoms with van der Waals surface area (Å²) in [6.07, 6.45) is -3.24. The van der Waals surface area contributed by atoms with Crippen LogP contribution in [0.15, 0.2) is 29.3 Å². The third-order valence-electron chi connectivity index (χ3n) is 4.27. The molecule has 0 atom stereocenters. The molecule has 9 heteroatoms. The van der Waals surface area contributed by atoms with Gasteiger partial charge in [0, 0.05) is 39.6 Å². The molecule has 5 nitrogen and oxygen atoms in total. The zero-order valence-electron chi connectivity index (χ0n) is 15.3. The molecule has 27 heavy (non-hydrogen) atoms. The minimum atomic E-state index is -4.19. The smallest absolute Gasteiger partial charge is 0.356 e. The van der Waals surface area contributed by atoms with Gasteiger partial charge < -0.3 is 15.5 Å². The molecule has 0 unspecified atom stereocenters. The Hall–Kier alpha value is -1.52. The summed E-state index contributed by atoms with van der Waals surface area (Å²) in [5.41, 5.74) is 2.49. The number of fused-ring (bicyclic) bond motifs is 1. The lowest BCUT2D eigenvalue weighted by Crippen LogP contribution is -2.40. The van der Waals surface area contributed by atoms with Gasteiger partial charge in [-0.2, -0.15) is 13.2 Å². The summed E-state index contributed by atoms with van der Waals surface area (Å²) >= 11 is 0. The number of rotatable bonds is 6. The van der Waals surface area contributed by atoms with E-state index in [1.165, 1.54) is 18.2 Å². The average molecular weight is 498 g/mol. The molecule has 1 aromatic carbocycles. The molecule has 1 heterocycles. The Morgan fingerprint density at radius 3 is 2.52 bits per heavy atom. The number of carbonyl (C=O) groups excluding carboxylic acids is 1. The van der Waals surface area contributed by atoms with Crippen molar-refractivity contribution in [2.75, 3.05) is 26.7 Å². The van der Waals surface area contributed by atoms with Crippen LogP contribution in [0.2, 0.25) is 0 Å². The number of hydrogen-bond acceptors (Lipinski definition) is 2. The van der Waals surface area contributed by atoms with Gasteiger partial charge in [0.25, 0.3) is 0 Å². The number of benzene rings is 1. The largest absolute Gasteiger partial charge is 0.390 e. The van der Waals surface area contributed by atoms with Crippen molar-refractivity contribution in [1.82, 2.24) is 15.5 Å². The Morgan fingerprint density at radius 2 is 1.85 bits per heavy atom. The number of carbonyl (C=O) groups is 1. The molecule has 0 aromatic heterocycles. The summed E-state index contributed by atoms with van der Waals surface area (Å²) in [5.74, 6) is 0.412. The molecular weight excluding hydrogens is 472 g/mol. The fraction of sp³-hybridized carbons (Fsp3) is 0.556. The molecule has 0 fully saturated rings. The minimum absolute atomic E-state index is 0. The maximum atomic E-state index is 12.3. The molecule has 1 amide bonds. The van der Waals surface area contributed by atoms with Gasteiger partial charge in [0.1, 0.15) is 0 Å². The number of nitrogens with one attached hydrogen (secondary N) is 2. The lowest BCUT2D eigenvalue weighted by molar-refractivity contribution is -0.133. The maximum absolute atomic E-state index is 12.3. The second-order valence-corrected chi connectivity index (χ2v) is 6.23. The molecule has 0 saturated heterocycles. The van der Waals surface area contributed by atoms with Crippen LogP contribution in [0.3, 0.4) is 0 Å². The molecule has 0 bridgehead atoms. The summed E-state index contributed by atoms with van der Waals surface area (Å²) in [6.45, 7) is 1.62. The highest BCUT2D eigenvalue weighted by molar-refractivity contribution is 14.0. The molecule has 1 aliphatic heterocycles. The summed E-state index contributed by atoms with van der Waals surface area (Å²) in [4.78, 5) is 18.1. The third kappa shape index (κ3) is 8.35. The lowest BCUT2D eigenvalue weighted by Gasteiger charge is -2.29.